The summed E-state index contributed by atoms with van der Waals surface area (Å²) in [6.45, 7) is 2.40. The molecule has 3 heterocycles. The number of rotatable bonds is 6. The highest BCUT2D eigenvalue weighted by molar-refractivity contribution is 7.13. The molecule has 0 fully saturated rings. The number of nitrogens with one attached hydrogen (secondary N) is 1. The van der Waals surface area contributed by atoms with Gasteiger partial charge in [0.1, 0.15) is 11.4 Å². The Morgan fingerprint density at radius 3 is 3.04 bits per heavy atom. The Balaban J connectivity index is 1.66. The third-order valence-electron chi connectivity index (χ3n) is 3.42. The third kappa shape index (κ3) is 3.50. The van der Waals surface area contributed by atoms with Gasteiger partial charge in [-0.25, -0.2) is 0 Å². The Morgan fingerprint density at radius 2 is 2.30 bits per heavy atom. The Bertz CT molecular complexity index is 789. The maximum absolute atomic E-state index is 12.3. The highest BCUT2D eigenvalue weighted by Crippen LogP contribution is 2.23. The van der Waals surface area contributed by atoms with Crippen molar-refractivity contribution in [3.63, 3.8) is 0 Å². The number of thiophene rings is 1. The predicted molar refractivity (Wildman–Crippen MR) is 88.2 cm³/mol. The summed E-state index contributed by atoms with van der Waals surface area (Å²) in [5, 5.41) is 13.2. The quantitative estimate of drug-likeness (QED) is 0.754. The first-order valence-corrected chi connectivity index (χ1v) is 8.36. The largest absolute Gasteiger partial charge is 0.359 e. The molecule has 0 atom stereocenters. The molecular weight excluding hydrogens is 312 g/mol. The monoisotopic (exact) mass is 330 g/mol. The van der Waals surface area contributed by atoms with Crippen LogP contribution in [0.15, 0.2) is 34.2 Å². The van der Waals surface area contributed by atoms with Gasteiger partial charge in [0.05, 0.1) is 17.1 Å². The van der Waals surface area contributed by atoms with Crippen molar-refractivity contribution < 1.29 is 9.32 Å². The molecule has 6 nitrogen and oxygen atoms in total. The van der Waals surface area contributed by atoms with E-state index in [2.05, 4.69) is 22.5 Å². The summed E-state index contributed by atoms with van der Waals surface area (Å²) in [4.78, 5) is 13.4. The standard InChI is InChI=1S/C16H18N4O2S/c1-3-5-11-8-12(22-19-11)10-17-16(21)14-9-13(18-20(14)2)15-6-4-7-23-15/h4,6-9H,3,5,10H2,1-2H3,(H,17,21). The van der Waals surface area contributed by atoms with Crippen LogP contribution in [-0.4, -0.2) is 20.8 Å². The van der Waals surface area contributed by atoms with Gasteiger partial charge in [-0.3, -0.25) is 9.48 Å². The minimum atomic E-state index is -0.184. The summed E-state index contributed by atoms with van der Waals surface area (Å²) < 4.78 is 6.80. The summed E-state index contributed by atoms with van der Waals surface area (Å²) in [6, 6.07) is 7.62. The molecule has 3 aromatic rings. The fourth-order valence-corrected chi connectivity index (χ4v) is 2.98. The van der Waals surface area contributed by atoms with Crippen molar-refractivity contribution in [2.75, 3.05) is 0 Å². The van der Waals surface area contributed by atoms with E-state index in [1.807, 2.05) is 23.6 Å². The number of aryl methyl sites for hydroxylation is 2. The lowest BCUT2D eigenvalue weighted by Gasteiger charge is -2.02. The number of carbonyl (C=O) groups is 1. The molecule has 0 aliphatic rings. The summed E-state index contributed by atoms with van der Waals surface area (Å²) in [6.07, 6.45) is 1.89. The van der Waals surface area contributed by atoms with E-state index in [1.165, 1.54) is 0 Å². The van der Waals surface area contributed by atoms with Gasteiger partial charge in [0.25, 0.3) is 5.91 Å². The Labute approximate surface area is 138 Å². The van der Waals surface area contributed by atoms with Crippen molar-refractivity contribution in [3.8, 4) is 10.6 Å². The highest BCUT2D eigenvalue weighted by Gasteiger charge is 2.15. The molecule has 0 unspecified atom stereocenters. The van der Waals surface area contributed by atoms with Crippen LogP contribution in [-0.2, 0) is 20.0 Å². The van der Waals surface area contributed by atoms with Crippen LogP contribution >= 0.6 is 11.3 Å². The topological polar surface area (TPSA) is 73.0 Å². The number of aromatic nitrogens is 3. The maximum Gasteiger partial charge on any atom is 0.269 e. The minimum absolute atomic E-state index is 0.184. The molecule has 0 aromatic carbocycles. The van der Waals surface area contributed by atoms with E-state index in [1.54, 1.807) is 29.1 Å². The second-order valence-corrected chi connectivity index (χ2v) is 6.18. The summed E-state index contributed by atoms with van der Waals surface area (Å²) in [7, 11) is 1.76. The van der Waals surface area contributed by atoms with Gasteiger partial charge < -0.3 is 9.84 Å². The van der Waals surface area contributed by atoms with E-state index in [0.29, 0.717) is 18.0 Å². The second-order valence-electron chi connectivity index (χ2n) is 5.23. The van der Waals surface area contributed by atoms with Gasteiger partial charge in [-0.05, 0) is 23.9 Å². The van der Waals surface area contributed by atoms with Crippen molar-refractivity contribution in [2.24, 2.45) is 7.05 Å². The van der Waals surface area contributed by atoms with E-state index in [0.717, 1.165) is 29.1 Å². The molecule has 120 valence electrons. The molecule has 0 saturated carbocycles. The van der Waals surface area contributed by atoms with Gasteiger partial charge in [0.2, 0.25) is 0 Å². The van der Waals surface area contributed by atoms with Crippen LogP contribution in [0.1, 0.15) is 35.3 Å². The van der Waals surface area contributed by atoms with E-state index < -0.39 is 0 Å². The smallest absolute Gasteiger partial charge is 0.269 e. The molecule has 1 amide bonds. The molecule has 3 rings (SSSR count). The van der Waals surface area contributed by atoms with E-state index >= 15 is 0 Å². The lowest BCUT2D eigenvalue weighted by atomic mass is 10.2. The first kappa shape index (κ1) is 15.5. The van der Waals surface area contributed by atoms with Crippen molar-refractivity contribution >= 4 is 17.2 Å². The zero-order valence-electron chi connectivity index (χ0n) is 13.1. The van der Waals surface area contributed by atoms with Crippen LogP contribution in [0.25, 0.3) is 10.6 Å². The normalized spacial score (nSPS) is 10.9. The molecule has 0 aliphatic heterocycles. The summed E-state index contributed by atoms with van der Waals surface area (Å²) in [5.74, 6) is 0.471. The highest BCUT2D eigenvalue weighted by atomic mass is 32.1. The molecule has 0 radical (unpaired) electrons. The van der Waals surface area contributed by atoms with Gasteiger partial charge in [-0.1, -0.05) is 24.6 Å². The molecule has 0 saturated heterocycles. The number of hydrogen-bond donors (Lipinski definition) is 1. The first-order valence-electron chi connectivity index (χ1n) is 7.48. The molecule has 23 heavy (non-hydrogen) atoms. The number of carbonyl (C=O) groups excluding carboxylic acids is 1. The minimum Gasteiger partial charge on any atom is -0.359 e. The van der Waals surface area contributed by atoms with Crippen LogP contribution in [0.5, 0.6) is 0 Å². The lowest BCUT2D eigenvalue weighted by Crippen LogP contribution is -2.24. The number of hydrogen-bond acceptors (Lipinski definition) is 5. The Morgan fingerprint density at radius 1 is 1.43 bits per heavy atom. The van der Waals surface area contributed by atoms with Crippen LogP contribution < -0.4 is 5.32 Å². The second kappa shape index (κ2) is 6.78. The van der Waals surface area contributed by atoms with Crippen molar-refractivity contribution in [1.29, 1.82) is 0 Å². The molecular formula is C16H18N4O2S. The van der Waals surface area contributed by atoms with Crippen molar-refractivity contribution in [1.82, 2.24) is 20.3 Å². The van der Waals surface area contributed by atoms with Crippen LogP contribution in [0.4, 0.5) is 0 Å². The average Bonchev–Trinajstić information content (AvgIpc) is 3.25. The van der Waals surface area contributed by atoms with Gasteiger partial charge in [0, 0.05) is 13.1 Å². The maximum atomic E-state index is 12.3. The van der Waals surface area contributed by atoms with Crippen LogP contribution in [0.3, 0.4) is 0 Å². The van der Waals surface area contributed by atoms with E-state index in [4.69, 9.17) is 4.52 Å². The average molecular weight is 330 g/mol. The van der Waals surface area contributed by atoms with Crippen molar-refractivity contribution in [3.05, 3.63) is 46.8 Å². The summed E-state index contributed by atoms with van der Waals surface area (Å²) in [5.41, 5.74) is 2.23. The SMILES string of the molecule is CCCc1cc(CNC(=O)c2cc(-c3cccs3)nn2C)on1. The van der Waals surface area contributed by atoms with Crippen LogP contribution in [0, 0.1) is 0 Å². The zero-order chi connectivity index (χ0) is 16.2. The Hall–Kier alpha value is -2.41. The van der Waals surface area contributed by atoms with Crippen molar-refractivity contribution in [2.45, 2.75) is 26.3 Å². The Kier molecular flexibility index (Phi) is 4.57. The predicted octanol–water partition coefficient (Wildman–Crippen LogP) is 3.02. The van der Waals surface area contributed by atoms with Gasteiger partial charge in [0.15, 0.2) is 5.76 Å². The van der Waals surface area contributed by atoms with E-state index in [9.17, 15) is 4.79 Å². The van der Waals surface area contributed by atoms with E-state index in [-0.39, 0.29) is 5.91 Å². The zero-order valence-corrected chi connectivity index (χ0v) is 13.9. The molecule has 0 bridgehead atoms. The molecule has 0 spiro atoms. The number of nitrogens with zero attached hydrogens (tertiary/aromatic N) is 3. The fraction of sp³-hybridized carbons (Fsp3) is 0.312. The molecule has 0 aliphatic carbocycles. The summed E-state index contributed by atoms with van der Waals surface area (Å²) >= 11 is 1.60. The first-order chi connectivity index (χ1) is 11.2. The van der Waals surface area contributed by atoms with Gasteiger partial charge >= 0.3 is 0 Å². The fourth-order valence-electron chi connectivity index (χ4n) is 2.30. The molecule has 3 aromatic heterocycles. The van der Waals surface area contributed by atoms with Crippen LogP contribution in [0.2, 0.25) is 0 Å². The molecule has 7 heteroatoms. The molecule has 1 N–H and O–H groups in total. The van der Waals surface area contributed by atoms with Gasteiger partial charge in [-0.2, -0.15) is 5.10 Å². The number of amides is 1. The third-order valence-corrected chi connectivity index (χ3v) is 4.32. The lowest BCUT2D eigenvalue weighted by molar-refractivity contribution is 0.0937. The van der Waals surface area contributed by atoms with Gasteiger partial charge in [-0.15, -0.1) is 11.3 Å².